The Morgan fingerprint density at radius 3 is 2.64 bits per heavy atom. The highest BCUT2D eigenvalue weighted by Crippen LogP contribution is 2.43. The van der Waals surface area contributed by atoms with Crippen LogP contribution in [0.15, 0.2) is 29.2 Å². The number of nitrogens with zero attached hydrogens (tertiary/aromatic N) is 2. The molecule has 3 rings (SSSR count). The molecule has 0 aliphatic carbocycles. The summed E-state index contributed by atoms with van der Waals surface area (Å²) in [5, 5.41) is 10.7. The lowest BCUT2D eigenvalue weighted by Gasteiger charge is -2.14. The zero-order chi connectivity index (χ0) is 16.0. The number of carboxylic acids is 1. The largest absolute Gasteiger partial charge is 0.548 e. The van der Waals surface area contributed by atoms with Crippen LogP contribution >= 0.6 is 24.0 Å². The Bertz CT molecular complexity index is 772. The molecule has 0 aromatic heterocycles. The van der Waals surface area contributed by atoms with Crippen LogP contribution in [0.2, 0.25) is 0 Å². The number of amides is 2. The minimum atomic E-state index is -1.40. The number of rotatable bonds is 2. The summed E-state index contributed by atoms with van der Waals surface area (Å²) in [5.41, 5.74) is 1.60. The lowest BCUT2D eigenvalue weighted by molar-refractivity contribution is -0.305. The Hall–Kier alpha value is -2.19. The molecule has 6 nitrogen and oxygen atoms in total. The average Bonchev–Trinajstić information content (AvgIpc) is 2.88. The summed E-state index contributed by atoms with van der Waals surface area (Å²) in [6, 6.07) is 7.10. The molecule has 2 aliphatic rings. The van der Waals surface area contributed by atoms with Crippen molar-refractivity contribution in [2.75, 3.05) is 18.5 Å². The molecule has 0 spiro atoms. The van der Waals surface area contributed by atoms with Gasteiger partial charge in [0.15, 0.2) is 0 Å². The number of anilines is 1. The second kappa shape index (κ2) is 5.22. The predicted octanol–water partition coefficient (Wildman–Crippen LogP) is -0.0157. The van der Waals surface area contributed by atoms with E-state index in [0.29, 0.717) is 11.3 Å². The van der Waals surface area contributed by atoms with E-state index >= 15 is 0 Å². The standard InChI is InChI=1S/C14H10N2O4S2/c1-15-8-5-3-2-4-7(8)10(12(15)19)11-13(20)16(6-9(17)18)14(21)22-11/h2-5H,6H2,1H3,(H,17,18)/p-1/b11-10+. The Morgan fingerprint density at radius 1 is 1.27 bits per heavy atom. The highest BCUT2D eigenvalue weighted by Gasteiger charge is 2.40. The van der Waals surface area contributed by atoms with Gasteiger partial charge in [-0.1, -0.05) is 42.2 Å². The Kier molecular flexibility index (Phi) is 3.50. The molecule has 8 heteroatoms. The fourth-order valence-corrected chi connectivity index (χ4v) is 3.73. The Labute approximate surface area is 135 Å². The number of fused-ring (bicyclic) bond motifs is 1. The van der Waals surface area contributed by atoms with Gasteiger partial charge in [-0.2, -0.15) is 0 Å². The summed E-state index contributed by atoms with van der Waals surface area (Å²) in [5.74, 6) is -2.29. The number of carbonyl (C=O) groups excluding carboxylic acids is 3. The van der Waals surface area contributed by atoms with E-state index in [1.165, 1.54) is 4.90 Å². The fourth-order valence-electron chi connectivity index (χ4n) is 2.40. The number of thioether (sulfide) groups is 1. The van der Waals surface area contributed by atoms with Crippen LogP contribution in [-0.2, 0) is 14.4 Å². The van der Waals surface area contributed by atoms with Crippen LogP contribution < -0.4 is 10.0 Å². The zero-order valence-corrected chi connectivity index (χ0v) is 13.0. The molecule has 2 aliphatic heterocycles. The van der Waals surface area contributed by atoms with Gasteiger partial charge in [-0.25, -0.2) is 0 Å². The van der Waals surface area contributed by atoms with Crippen molar-refractivity contribution in [3.8, 4) is 0 Å². The van der Waals surface area contributed by atoms with Crippen molar-refractivity contribution in [1.82, 2.24) is 4.90 Å². The molecule has 0 atom stereocenters. The number of hydrogen-bond acceptors (Lipinski definition) is 6. The molecular formula is C14H9N2O4S2-. The lowest BCUT2D eigenvalue weighted by Crippen LogP contribution is -2.40. The van der Waals surface area contributed by atoms with Gasteiger partial charge >= 0.3 is 0 Å². The predicted molar refractivity (Wildman–Crippen MR) is 83.7 cm³/mol. The number of carbonyl (C=O) groups is 3. The number of thiocarbonyl (C=S) groups is 1. The number of benzene rings is 1. The smallest absolute Gasteiger partial charge is 0.267 e. The summed E-state index contributed by atoms with van der Waals surface area (Å²) >= 11 is 5.97. The number of aliphatic carboxylic acids is 1. The van der Waals surface area contributed by atoms with Gasteiger partial charge in [0.2, 0.25) is 0 Å². The molecular weight excluding hydrogens is 324 g/mol. The maximum atomic E-state index is 12.4. The third-order valence-electron chi connectivity index (χ3n) is 3.42. The van der Waals surface area contributed by atoms with E-state index in [1.54, 1.807) is 31.3 Å². The van der Waals surface area contributed by atoms with Gasteiger partial charge in [-0.05, 0) is 6.07 Å². The van der Waals surface area contributed by atoms with Crippen molar-refractivity contribution < 1.29 is 19.5 Å². The first kappa shape index (κ1) is 14.7. The van der Waals surface area contributed by atoms with Crippen molar-refractivity contribution in [1.29, 1.82) is 0 Å². The summed E-state index contributed by atoms with van der Waals surface area (Å²) in [7, 11) is 1.62. The second-order valence-electron chi connectivity index (χ2n) is 4.72. The van der Waals surface area contributed by atoms with Crippen LogP contribution in [-0.4, -0.2) is 40.6 Å². The third kappa shape index (κ3) is 2.11. The molecule has 112 valence electrons. The normalized spacial score (nSPS) is 20.9. The first-order valence-electron chi connectivity index (χ1n) is 6.27. The van der Waals surface area contributed by atoms with E-state index in [1.807, 2.05) is 0 Å². The first-order chi connectivity index (χ1) is 10.4. The van der Waals surface area contributed by atoms with Gasteiger partial charge in [-0.15, -0.1) is 0 Å². The minimum absolute atomic E-state index is 0.108. The molecule has 0 bridgehead atoms. The summed E-state index contributed by atoms with van der Waals surface area (Å²) in [4.78, 5) is 38.1. The maximum absolute atomic E-state index is 12.4. The van der Waals surface area contributed by atoms with Crippen LogP contribution in [0.25, 0.3) is 5.57 Å². The monoisotopic (exact) mass is 333 g/mol. The zero-order valence-electron chi connectivity index (χ0n) is 11.4. The number of hydrogen-bond donors (Lipinski definition) is 0. The van der Waals surface area contributed by atoms with Gasteiger partial charge in [0, 0.05) is 12.6 Å². The average molecular weight is 333 g/mol. The SMILES string of the molecule is CN1C(=O)/C(=C2/SC(=S)N(CC(=O)[O-])C2=O)c2ccccc21. The number of likely N-dealkylation sites (N-methyl/N-ethyl adjacent to an activating group) is 1. The van der Waals surface area contributed by atoms with Gasteiger partial charge in [0.1, 0.15) is 4.32 Å². The van der Waals surface area contributed by atoms with E-state index < -0.39 is 18.4 Å². The van der Waals surface area contributed by atoms with Crippen molar-refractivity contribution in [2.45, 2.75) is 0 Å². The van der Waals surface area contributed by atoms with Crippen LogP contribution in [0.4, 0.5) is 5.69 Å². The molecule has 1 aromatic rings. The fraction of sp³-hybridized carbons (Fsp3) is 0.143. The first-order valence-corrected chi connectivity index (χ1v) is 7.49. The van der Waals surface area contributed by atoms with Gasteiger partial charge in [-0.3, -0.25) is 14.5 Å². The van der Waals surface area contributed by atoms with Crippen molar-refractivity contribution in [2.24, 2.45) is 0 Å². The molecule has 0 unspecified atom stereocenters. The van der Waals surface area contributed by atoms with E-state index in [4.69, 9.17) is 12.2 Å². The highest BCUT2D eigenvalue weighted by molar-refractivity contribution is 8.26. The van der Waals surface area contributed by atoms with Crippen molar-refractivity contribution >= 4 is 57.3 Å². The second-order valence-corrected chi connectivity index (χ2v) is 6.36. The molecule has 2 amide bonds. The summed E-state index contributed by atoms with van der Waals surface area (Å²) in [6.07, 6.45) is 0. The number of para-hydroxylation sites is 1. The highest BCUT2D eigenvalue weighted by atomic mass is 32.2. The maximum Gasteiger partial charge on any atom is 0.267 e. The van der Waals surface area contributed by atoms with E-state index in [2.05, 4.69) is 0 Å². The third-order valence-corrected chi connectivity index (χ3v) is 4.86. The minimum Gasteiger partial charge on any atom is -0.548 e. The quantitative estimate of drug-likeness (QED) is 0.559. The molecule has 0 radical (unpaired) electrons. The van der Waals surface area contributed by atoms with E-state index in [-0.39, 0.29) is 20.7 Å². The Balaban J connectivity index is 2.12. The van der Waals surface area contributed by atoms with Crippen molar-refractivity contribution in [3.63, 3.8) is 0 Å². The topological polar surface area (TPSA) is 80.8 Å². The van der Waals surface area contributed by atoms with E-state index in [9.17, 15) is 19.5 Å². The number of carboxylic acid groups (broad SMARTS) is 1. The molecule has 1 saturated heterocycles. The molecule has 22 heavy (non-hydrogen) atoms. The molecule has 0 N–H and O–H groups in total. The molecule has 1 aromatic carbocycles. The molecule has 1 fully saturated rings. The van der Waals surface area contributed by atoms with Crippen LogP contribution in [0.1, 0.15) is 5.56 Å². The Morgan fingerprint density at radius 2 is 1.95 bits per heavy atom. The van der Waals surface area contributed by atoms with Crippen LogP contribution in [0.3, 0.4) is 0 Å². The van der Waals surface area contributed by atoms with E-state index in [0.717, 1.165) is 16.7 Å². The lowest BCUT2D eigenvalue weighted by atomic mass is 10.1. The summed E-state index contributed by atoms with van der Waals surface area (Å²) < 4.78 is 0.108. The van der Waals surface area contributed by atoms with Crippen LogP contribution in [0, 0.1) is 0 Å². The molecule has 0 saturated carbocycles. The summed E-state index contributed by atoms with van der Waals surface area (Å²) in [6.45, 7) is -0.618. The van der Waals surface area contributed by atoms with Gasteiger partial charge in [0.05, 0.1) is 28.7 Å². The van der Waals surface area contributed by atoms with Crippen molar-refractivity contribution in [3.05, 3.63) is 34.7 Å². The van der Waals surface area contributed by atoms with Gasteiger partial charge in [0.25, 0.3) is 11.8 Å². The van der Waals surface area contributed by atoms with Crippen LogP contribution in [0.5, 0.6) is 0 Å². The van der Waals surface area contributed by atoms with Gasteiger partial charge < -0.3 is 14.8 Å². The molecule has 2 heterocycles.